The Morgan fingerprint density at radius 3 is 2.27 bits per heavy atom. The third kappa shape index (κ3) is 4.12. The first-order valence-electron chi connectivity index (χ1n) is 9.31. The van der Waals surface area contributed by atoms with E-state index in [0.29, 0.717) is 0 Å². The van der Waals surface area contributed by atoms with Crippen LogP contribution in [-0.2, 0) is 0 Å². The Labute approximate surface area is 161 Å². The molecule has 26 heavy (non-hydrogen) atoms. The SMILES string of the molecule is CCCN(CCC)C(C#Cc1ccccc1)c1[nH]c2ccccc2c1Cl. The van der Waals surface area contributed by atoms with E-state index < -0.39 is 0 Å². The largest absolute Gasteiger partial charge is 0.355 e. The van der Waals surface area contributed by atoms with E-state index in [4.69, 9.17) is 11.6 Å². The molecule has 0 amide bonds. The van der Waals surface area contributed by atoms with Gasteiger partial charge >= 0.3 is 0 Å². The van der Waals surface area contributed by atoms with Gasteiger partial charge in [-0.15, -0.1) is 0 Å². The van der Waals surface area contributed by atoms with Gasteiger partial charge in [-0.1, -0.05) is 73.7 Å². The Kier molecular flexibility index (Phi) is 6.39. The summed E-state index contributed by atoms with van der Waals surface area (Å²) in [5.41, 5.74) is 3.09. The fourth-order valence-electron chi connectivity index (χ4n) is 3.28. The van der Waals surface area contributed by atoms with E-state index in [-0.39, 0.29) is 6.04 Å². The Balaban J connectivity index is 2.06. The first kappa shape index (κ1) is 18.6. The van der Waals surface area contributed by atoms with Gasteiger partial charge in [-0.25, -0.2) is 0 Å². The van der Waals surface area contributed by atoms with Gasteiger partial charge in [0.15, 0.2) is 0 Å². The number of nitrogens with one attached hydrogen (secondary N) is 1. The third-order valence-electron chi connectivity index (χ3n) is 4.46. The number of rotatable bonds is 6. The predicted molar refractivity (Wildman–Crippen MR) is 112 cm³/mol. The molecule has 1 N–H and O–H groups in total. The monoisotopic (exact) mass is 364 g/mol. The summed E-state index contributed by atoms with van der Waals surface area (Å²) in [6.45, 7) is 6.40. The first-order valence-corrected chi connectivity index (χ1v) is 9.69. The van der Waals surface area contributed by atoms with E-state index in [2.05, 4.69) is 47.7 Å². The molecule has 0 aliphatic heterocycles. The van der Waals surface area contributed by atoms with Crippen molar-refractivity contribution in [1.82, 2.24) is 9.88 Å². The van der Waals surface area contributed by atoms with Gasteiger partial charge in [0.05, 0.1) is 10.7 Å². The number of aromatic nitrogens is 1. The molecule has 0 aliphatic carbocycles. The molecule has 1 heterocycles. The maximum Gasteiger partial charge on any atom is 0.114 e. The summed E-state index contributed by atoms with van der Waals surface area (Å²) in [7, 11) is 0. The summed E-state index contributed by atoms with van der Waals surface area (Å²) in [6, 6.07) is 18.3. The molecule has 2 aromatic carbocycles. The van der Waals surface area contributed by atoms with Crippen LogP contribution in [0.25, 0.3) is 10.9 Å². The van der Waals surface area contributed by atoms with Gasteiger partial charge in [0, 0.05) is 16.5 Å². The zero-order valence-electron chi connectivity index (χ0n) is 15.4. The van der Waals surface area contributed by atoms with Crippen molar-refractivity contribution in [3.8, 4) is 11.8 Å². The van der Waals surface area contributed by atoms with Crippen LogP contribution in [0.3, 0.4) is 0 Å². The van der Waals surface area contributed by atoms with Crippen LogP contribution in [-0.4, -0.2) is 23.0 Å². The van der Waals surface area contributed by atoms with Gasteiger partial charge in [-0.3, -0.25) is 4.90 Å². The Morgan fingerprint density at radius 2 is 1.62 bits per heavy atom. The van der Waals surface area contributed by atoms with Crippen molar-refractivity contribution in [2.45, 2.75) is 32.7 Å². The lowest BCUT2D eigenvalue weighted by atomic mass is 10.1. The number of aromatic amines is 1. The van der Waals surface area contributed by atoms with Crippen molar-refractivity contribution in [2.75, 3.05) is 13.1 Å². The van der Waals surface area contributed by atoms with Crippen LogP contribution in [0.2, 0.25) is 5.02 Å². The Morgan fingerprint density at radius 1 is 0.962 bits per heavy atom. The van der Waals surface area contributed by atoms with E-state index in [1.54, 1.807) is 0 Å². The molecule has 1 atom stereocenters. The number of fused-ring (bicyclic) bond motifs is 1. The summed E-state index contributed by atoms with van der Waals surface area (Å²) in [4.78, 5) is 5.94. The molecule has 1 aromatic heterocycles. The van der Waals surface area contributed by atoms with Gasteiger partial charge in [-0.2, -0.15) is 0 Å². The standard InChI is InChI=1S/C23H25ClN2/c1-3-16-26(17-4-2)21(15-14-18-10-6-5-7-11-18)23-22(24)19-12-8-9-13-20(19)25-23/h5-13,21,25H,3-4,16-17H2,1-2H3. The minimum absolute atomic E-state index is 0.0463. The molecular weight excluding hydrogens is 340 g/mol. The maximum atomic E-state index is 6.75. The van der Waals surface area contributed by atoms with E-state index >= 15 is 0 Å². The summed E-state index contributed by atoms with van der Waals surface area (Å²) in [5, 5.41) is 1.84. The summed E-state index contributed by atoms with van der Waals surface area (Å²) < 4.78 is 0. The van der Waals surface area contributed by atoms with Crippen molar-refractivity contribution in [2.24, 2.45) is 0 Å². The van der Waals surface area contributed by atoms with Crippen LogP contribution in [0, 0.1) is 11.8 Å². The lowest BCUT2D eigenvalue weighted by Gasteiger charge is -2.27. The molecule has 0 saturated carbocycles. The fourth-order valence-corrected chi connectivity index (χ4v) is 3.60. The number of halogens is 1. The molecule has 2 nitrogen and oxygen atoms in total. The van der Waals surface area contributed by atoms with Crippen LogP contribution in [0.1, 0.15) is 44.0 Å². The normalized spacial score (nSPS) is 12.2. The lowest BCUT2D eigenvalue weighted by Crippen LogP contribution is -2.30. The quantitative estimate of drug-likeness (QED) is 0.528. The van der Waals surface area contributed by atoms with Gasteiger partial charge in [0.2, 0.25) is 0 Å². The van der Waals surface area contributed by atoms with Crippen molar-refractivity contribution in [3.05, 3.63) is 70.9 Å². The summed E-state index contributed by atoms with van der Waals surface area (Å²) in [5.74, 6) is 6.83. The molecule has 1 unspecified atom stereocenters. The third-order valence-corrected chi connectivity index (χ3v) is 4.86. The molecule has 0 bridgehead atoms. The molecule has 0 fully saturated rings. The highest BCUT2D eigenvalue weighted by atomic mass is 35.5. The minimum Gasteiger partial charge on any atom is -0.355 e. The van der Waals surface area contributed by atoms with Crippen LogP contribution in [0.15, 0.2) is 54.6 Å². The van der Waals surface area contributed by atoms with Crippen molar-refractivity contribution < 1.29 is 0 Å². The van der Waals surface area contributed by atoms with Crippen LogP contribution in [0.5, 0.6) is 0 Å². The molecular formula is C23H25ClN2. The van der Waals surface area contributed by atoms with E-state index in [1.165, 1.54) is 0 Å². The number of nitrogens with zero attached hydrogens (tertiary/aromatic N) is 1. The Hall–Kier alpha value is -2.21. The fraction of sp³-hybridized carbons (Fsp3) is 0.304. The minimum atomic E-state index is -0.0463. The van der Waals surface area contributed by atoms with E-state index in [9.17, 15) is 0 Å². The molecule has 3 heteroatoms. The zero-order chi connectivity index (χ0) is 18.4. The maximum absolute atomic E-state index is 6.75. The van der Waals surface area contributed by atoms with Crippen LogP contribution in [0.4, 0.5) is 0 Å². The smallest absolute Gasteiger partial charge is 0.114 e. The number of hydrogen-bond donors (Lipinski definition) is 1. The number of hydrogen-bond acceptors (Lipinski definition) is 1. The second-order valence-electron chi connectivity index (χ2n) is 6.47. The van der Waals surface area contributed by atoms with E-state index in [1.807, 2.05) is 42.5 Å². The Bertz CT molecular complexity index is 896. The van der Waals surface area contributed by atoms with Gasteiger partial charge in [0.25, 0.3) is 0 Å². The van der Waals surface area contributed by atoms with Crippen LogP contribution >= 0.6 is 11.6 Å². The number of para-hydroxylation sites is 1. The van der Waals surface area contributed by atoms with Gasteiger partial charge in [0.1, 0.15) is 6.04 Å². The van der Waals surface area contributed by atoms with Crippen molar-refractivity contribution in [1.29, 1.82) is 0 Å². The average Bonchev–Trinajstić information content (AvgIpc) is 3.00. The van der Waals surface area contributed by atoms with E-state index in [0.717, 1.165) is 53.1 Å². The van der Waals surface area contributed by atoms with Crippen LogP contribution < -0.4 is 0 Å². The highest BCUT2D eigenvalue weighted by Gasteiger charge is 2.23. The zero-order valence-corrected chi connectivity index (χ0v) is 16.2. The molecule has 0 spiro atoms. The second kappa shape index (κ2) is 8.94. The number of H-pyrrole nitrogens is 1. The first-order chi connectivity index (χ1) is 12.7. The predicted octanol–water partition coefficient (Wildman–Crippen LogP) is 6.04. The molecule has 3 aromatic rings. The summed E-state index contributed by atoms with van der Waals surface area (Å²) in [6.07, 6.45) is 2.17. The molecule has 3 rings (SSSR count). The van der Waals surface area contributed by atoms with Crippen molar-refractivity contribution >= 4 is 22.5 Å². The highest BCUT2D eigenvalue weighted by molar-refractivity contribution is 6.36. The highest BCUT2D eigenvalue weighted by Crippen LogP contribution is 2.33. The number of benzene rings is 2. The van der Waals surface area contributed by atoms with Gasteiger partial charge < -0.3 is 4.98 Å². The van der Waals surface area contributed by atoms with Gasteiger partial charge in [-0.05, 0) is 44.1 Å². The second-order valence-corrected chi connectivity index (χ2v) is 6.85. The molecule has 134 valence electrons. The molecule has 0 aliphatic rings. The van der Waals surface area contributed by atoms with Crippen molar-refractivity contribution in [3.63, 3.8) is 0 Å². The molecule has 0 saturated heterocycles. The summed E-state index contributed by atoms with van der Waals surface area (Å²) >= 11 is 6.75. The average molecular weight is 365 g/mol. The topological polar surface area (TPSA) is 19.0 Å². The molecule has 0 radical (unpaired) electrons. The lowest BCUT2D eigenvalue weighted by molar-refractivity contribution is 0.235.